The number of hydrogen-bond donors (Lipinski definition) is 1. The van der Waals surface area contributed by atoms with Crippen LogP contribution < -0.4 is 10.2 Å². The first-order valence-electron chi connectivity index (χ1n) is 6.69. The van der Waals surface area contributed by atoms with Gasteiger partial charge in [-0.1, -0.05) is 38.4 Å². The van der Waals surface area contributed by atoms with Crippen molar-refractivity contribution in [3.8, 4) is 0 Å². The van der Waals surface area contributed by atoms with Crippen LogP contribution in [0.5, 0.6) is 0 Å². The summed E-state index contributed by atoms with van der Waals surface area (Å²) in [6.45, 7) is 10.7. The fraction of sp³-hybridized carbons (Fsp3) is 0.600. The Morgan fingerprint density at radius 2 is 1.94 bits per heavy atom. The van der Waals surface area contributed by atoms with Crippen molar-refractivity contribution in [3.05, 3.63) is 28.8 Å². The Hall–Kier alpha value is -0.730. The zero-order valence-electron chi connectivity index (χ0n) is 12.1. The van der Waals surface area contributed by atoms with E-state index in [2.05, 4.69) is 57.1 Å². The zero-order valence-corrected chi connectivity index (χ0v) is 12.9. The molecule has 0 fully saturated rings. The minimum Gasteiger partial charge on any atom is -0.371 e. The fourth-order valence-corrected chi connectivity index (χ4v) is 2.11. The van der Waals surface area contributed by atoms with E-state index < -0.39 is 0 Å². The molecule has 0 aromatic heterocycles. The van der Waals surface area contributed by atoms with Crippen LogP contribution in [-0.2, 0) is 6.54 Å². The second-order valence-corrected chi connectivity index (χ2v) is 5.59. The van der Waals surface area contributed by atoms with Gasteiger partial charge in [0.25, 0.3) is 0 Å². The maximum absolute atomic E-state index is 6.13. The van der Waals surface area contributed by atoms with E-state index in [-0.39, 0.29) is 0 Å². The van der Waals surface area contributed by atoms with Gasteiger partial charge < -0.3 is 10.2 Å². The van der Waals surface area contributed by atoms with E-state index in [0.717, 1.165) is 18.1 Å². The molecule has 1 aromatic carbocycles. The van der Waals surface area contributed by atoms with Gasteiger partial charge >= 0.3 is 0 Å². The highest BCUT2D eigenvalue weighted by Gasteiger charge is 2.16. The van der Waals surface area contributed by atoms with Crippen LogP contribution in [0.15, 0.2) is 18.2 Å². The van der Waals surface area contributed by atoms with Crippen molar-refractivity contribution in [2.24, 2.45) is 5.92 Å². The molecule has 1 atom stereocenters. The standard InChI is InChI=1S/C15H25ClN2/c1-6-17-10-13-7-8-14(16)9-15(13)18(5)12(4)11(2)3/h7-9,11-12,17H,6,10H2,1-5H3. The molecule has 1 N–H and O–H groups in total. The molecule has 0 saturated carbocycles. The van der Waals surface area contributed by atoms with Gasteiger partial charge in [-0.15, -0.1) is 0 Å². The van der Waals surface area contributed by atoms with Gasteiger partial charge in [-0.25, -0.2) is 0 Å². The predicted molar refractivity (Wildman–Crippen MR) is 81.5 cm³/mol. The Labute approximate surface area is 116 Å². The summed E-state index contributed by atoms with van der Waals surface area (Å²) in [5, 5.41) is 4.18. The minimum atomic E-state index is 0.490. The molecule has 0 spiro atoms. The summed E-state index contributed by atoms with van der Waals surface area (Å²) in [6, 6.07) is 6.63. The highest BCUT2D eigenvalue weighted by atomic mass is 35.5. The number of nitrogens with zero attached hydrogens (tertiary/aromatic N) is 1. The van der Waals surface area contributed by atoms with Gasteiger partial charge in [-0.05, 0) is 37.1 Å². The van der Waals surface area contributed by atoms with E-state index in [4.69, 9.17) is 11.6 Å². The van der Waals surface area contributed by atoms with Crippen molar-refractivity contribution in [2.75, 3.05) is 18.5 Å². The van der Waals surface area contributed by atoms with Crippen molar-refractivity contribution in [1.82, 2.24) is 5.32 Å². The number of halogens is 1. The zero-order chi connectivity index (χ0) is 13.7. The van der Waals surface area contributed by atoms with Gasteiger partial charge in [0.2, 0.25) is 0 Å². The van der Waals surface area contributed by atoms with Crippen LogP contribution in [-0.4, -0.2) is 19.6 Å². The molecular formula is C15H25ClN2. The highest BCUT2D eigenvalue weighted by Crippen LogP contribution is 2.27. The minimum absolute atomic E-state index is 0.490. The molecular weight excluding hydrogens is 244 g/mol. The van der Waals surface area contributed by atoms with E-state index in [9.17, 15) is 0 Å². The number of nitrogens with one attached hydrogen (secondary N) is 1. The van der Waals surface area contributed by atoms with E-state index in [1.54, 1.807) is 0 Å². The quantitative estimate of drug-likeness (QED) is 0.841. The van der Waals surface area contributed by atoms with Crippen LogP contribution in [0.1, 0.15) is 33.3 Å². The molecule has 2 nitrogen and oxygen atoms in total. The Morgan fingerprint density at radius 3 is 2.50 bits per heavy atom. The van der Waals surface area contributed by atoms with E-state index in [0.29, 0.717) is 12.0 Å². The SMILES string of the molecule is CCNCc1ccc(Cl)cc1N(C)C(C)C(C)C. The third kappa shape index (κ3) is 3.89. The molecule has 18 heavy (non-hydrogen) atoms. The smallest absolute Gasteiger partial charge is 0.0426 e. The number of anilines is 1. The molecule has 102 valence electrons. The number of benzene rings is 1. The van der Waals surface area contributed by atoms with Crippen molar-refractivity contribution in [2.45, 2.75) is 40.3 Å². The van der Waals surface area contributed by atoms with Gasteiger partial charge in [0.1, 0.15) is 0 Å². The molecule has 0 bridgehead atoms. The maximum Gasteiger partial charge on any atom is 0.0426 e. The highest BCUT2D eigenvalue weighted by molar-refractivity contribution is 6.30. The normalized spacial score (nSPS) is 12.8. The lowest BCUT2D eigenvalue weighted by Gasteiger charge is -2.32. The van der Waals surface area contributed by atoms with E-state index in [1.165, 1.54) is 11.3 Å². The maximum atomic E-state index is 6.13. The van der Waals surface area contributed by atoms with Crippen LogP contribution in [0.2, 0.25) is 5.02 Å². The lowest BCUT2D eigenvalue weighted by Crippen LogP contribution is -2.34. The summed E-state index contributed by atoms with van der Waals surface area (Å²) in [4.78, 5) is 2.32. The average Bonchev–Trinajstić information content (AvgIpc) is 2.35. The van der Waals surface area contributed by atoms with Crippen molar-refractivity contribution >= 4 is 17.3 Å². The molecule has 1 rings (SSSR count). The summed E-state index contributed by atoms with van der Waals surface area (Å²) < 4.78 is 0. The van der Waals surface area contributed by atoms with E-state index >= 15 is 0 Å². The van der Waals surface area contributed by atoms with Crippen LogP contribution in [0.25, 0.3) is 0 Å². The molecule has 0 saturated heterocycles. The largest absolute Gasteiger partial charge is 0.371 e. The predicted octanol–water partition coefficient (Wildman–Crippen LogP) is 3.93. The van der Waals surface area contributed by atoms with Gasteiger partial charge in [0.05, 0.1) is 0 Å². The molecule has 0 radical (unpaired) electrons. The first-order chi connectivity index (χ1) is 8.47. The van der Waals surface area contributed by atoms with Crippen molar-refractivity contribution < 1.29 is 0 Å². The Bertz CT molecular complexity index is 377. The van der Waals surface area contributed by atoms with Crippen LogP contribution in [0.4, 0.5) is 5.69 Å². The summed E-state index contributed by atoms with van der Waals surface area (Å²) in [5.74, 6) is 0.612. The molecule has 0 heterocycles. The summed E-state index contributed by atoms with van der Waals surface area (Å²) >= 11 is 6.13. The average molecular weight is 269 g/mol. The third-order valence-electron chi connectivity index (χ3n) is 3.57. The molecule has 1 unspecified atom stereocenters. The molecule has 0 aliphatic carbocycles. The number of hydrogen-bond acceptors (Lipinski definition) is 2. The molecule has 0 aliphatic rings. The first kappa shape index (κ1) is 15.3. The summed E-state index contributed by atoms with van der Waals surface area (Å²) in [6.07, 6.45) is 0. The topological polar surface area (TPSA) is 15.3 Å². The first-order valence-corrected chi connectivity index (χ1v) is 7.07. The second-order valence-electron chi connectivity index (χ2n) is 5.15. The third-order valence-corrected chi connectivity index (χ3v) is 3.80. The number of rotatable bonds is 6. The van der Waals surface area contributed by atoms with Gasteiger partial charge in [0.15, 0.2) is 0 Å². The molecule has 0 aliphatic heterocycles. The summed E-state index contributed by atoms with van der Waals surface area (Å²) in [7, 11) is 2.14. The second kappa shape index (κ2) is 7.01. The molecule has 3 heteroatoms. The van der Waals surface area contributed by atoms with Crippen LogP contribution in [0.3, 0.4) is 0 Å². The van der Waals surface area contributed by atoms with E-state index in [1.807, 2.05) is 6.07 Å². The Kier molecular flexibility index (Phi) is 5.97. The van der Waals surface area contributed by atoms with Crippen LogP contribution >= 0.6 is 11.6 Å². The van der Waals surface area contributed by atoms with Crippen LogP contribution in [0, 0.1) is 5.92 Å². The molecule has 1 aromatic rings. The van der Waals surface area contributed by atoms with Crippen molar-refractivity contribution in [1.29, 1.82) is 0 Å². The summed E-state index contributed by atoms with van der Waals surface area (Å²) in [5.41, 5.74) is 2.53. The fourth-order valence-electron chi connectivity index (χ4n) is 1.94. The molecule has 0 amide bonds. The van der Waals surface area contributed by atoms with Gasteiger partial charge in [0, 0.05) is 30.3 Å². The lowest BCUT2D eigenvalue weighted by molar-refractivity contribution is 0.504. The lowest BCUT2D eigenvalue weighted by atomic mass is 10.0. The monoisotopic (exact) mass is 268 g/mol. The van der Waals surface area contributed by atoms with Gasteiger partial charge in [-0.3, -0.25) is 0 Å². The Morgan fingerprint density at radius 1 is 1.28 bits per heavy atom. The van der Waals surface area contributed by atoms with Crippen molar-refractivity contribution in [3.63, 3.8) is 0 Å². The van der Waals surface area contributed by atoms with Gasteiger partial charge in [-0.2, -0.15) is 0 Å². The Balaban J connectivity index is 3.00.